The molecule has 0 saturated carbocycles. The Bertz CT molecular complexity index is 795. The third kappa shape index (κ3) is 3.50. The maximum atomic E-state index is 12.3. The molecule has 4 nitrogen and oxygen atoms in total. The standard InChI is InChI=1S/C22H27N3O/c1-15-12-19-21(20(26)13-15)16(2)23-22(24-19)25-10-8-18(9-11-25)14-17-6-4-3-5-7-17/h3-7,15,18H,8-14H2,1-2H3. The van der Waals surface area contributed by atoms with Crippen molar-refractivity contribution in [2.24, 2.45) is 11.8 Å². The fourth-order valence-electron chi connectivity index (χ4n) is 4.37. The van der Waals surface area contributed by atoms with E-state index in [0.717, 1.165) is 54.7 Å². The topological polar surface area (TPSA) is 46.1 Å². The van der Waals surface area contributed by atoms with Crippen LogP contribution in [0.4, 0.5) is 5.95 Å². The quantitative estimate of drug-likeness (QED) is 0.840. The Balaban J connectivity index is 1.45. The minimum atomic E-state index is 0.212. The van der Waals surface area contributed by atoms with Gasteiger partial charge in [0.15, 0.2) is 5.78 Å². The van der Waals surface area contributed by atoms with E-state index in [1.54, 1.807) is 0 Å². The van der Waals surface area contributed by atoms with Crippen molar-refractivity contribution < 1.29 is 4.79 Å². The van der Waals surface area contributed by atoms with Crippen LogP contribution in [-0.4, -0.2) is 28.8 Å². The molecule has 0 amide bonds. The number of aromatic nitrogens is 2. The number of carbonyl (C=O) groups is 1. The number of fused-ring (bicyclic) bond motifs is 1. The molecule has 1 unspecified atom stereocenters. The van der Waals surface area contributed by atoms with Crippen LogP contribution in [-0.2, 0) is 12.8 Å². The number of hydrogen-bond acceptors (Lipinski definition) is 4. The smallest absolute Gasteiger partial charge is 0.225 e. The minimum absolute atomic E-state index is 0.212. The largest absolute Gasteiger partial charge is 0.341 e. The van der Waals surface area contributed by atoms with Gasteiger partial charge in [0.25, 0.3) is 0 Å². The second-order valence-electron chi connectivity index (χ2n) is 7.99. The van der Waals surface area contributed by atoms with Gasteiger partial charge in [-0.1, -0.05) is 37.3 Å². The number of Topliss-reactive ketones (excluding diaryl/α,β-unsaturated/α-hetero) is 1. The van der Waals surface area contributed by atoms with Crippen LogP contribution in [0.15, 0.2) is 30.3 Å². The molecule has 0 radical (unpaired) electrons. The number of nitrogens with zero attached hydrogens (tertiary/aromatic N) is 3. The van der Waals surface area contributed by atoms with E-state index in [-0.39, 0.29) is 5.78 Å². The van der Waals surface area contributed by atoms with Crippen LogP contribution in [0.25, 0.3) is 0 Å². The summed E-state index contributed by atoms with van der Waals surface area (Å²) in [6, 6.07) is 10.8. The summed E-state index contributed by atoms with van der Waals surface area (Å²) in [5, 5.41) is 0. The van der Waals surface area contributed by atoms with Crippen LogP contribution in [0.2, 0.25) is 0 Å². The van der Waals surface area contributed by atoms with Gasteiger partial charge in [0, 0.05) is 19.5 Å². The van der Waals surface area contributed by atoms with Crippen LogP contribution in [0.5, 0.6) is 0 Å². The molecular weight excluding hydrogens is 322 g/mol. The maximum Gasteiger partial charge on any atom is 0.225 e. The Labute approximate surface area is 155 Å². The summed E-state index contributed by atoms with van der Waals surface area (Å²) in [6.45, 7) is 6.09. The first-order valence-corrected chi connectivity index (χ1v) is 9.79. The van der Waals surface area contributed by atoms with Crippen LogP contribution >= 0.6 is 0 Å². The van der Waals surface area contributed by atoms with E-state index >= 15 is 0 Å². The van der Waals surface area contributed by atoms with Crippen molar-refractivity contribution in [3.8, 4) is 0 Å². The Morgan fingerprint density at radius 1 is 1.08 bits per heavy atom. The predicted molar refractivity (Wildman–Crippen MR) is 104 cm³/mol. The van der Waals surface area contributed by atoms with Gasteiger partial charge in [0.2, 0.25) is 5.95 Å². The lowest BCUT2D eigenvalue weighted by atomic mass is 9.86. The van der Waals surface area contributed by atoms with Gasteiger partial charge in [0.05, 0.1) is 17.0 Å². The fraction of sp³-hybridized carbons (Fsp3) is 0.500. The van der Waals surface area contributed by atoms with E-state index in [0.29, 0.717) is 12.3 Å². The molecule has 1 aliphatic heterocycles. The van der Waals surface area contributed by atoms with E-state index in [4.69, 9.17) is 4.98 Å². The van der Waals surface area contributed by atoms with Crippen molar-refractivity contribution in [1.82, 2.24) is 9.97 Å². The number of hydrogen-bond donors (Lipinski definition) is 0. The van der Waals surface area contributed by atoms with Crippen molar-refractivity contribution >= 4 is 11.7 Å². The van der Waals surface area contributed by atoms with Crippen molar-refractivity contribution in [3.63, 3.8) is 0 Å². The zero-order chi connectivity index (χ0) is 18.1. The molecule has 1 atom stereocenters. The molecular formula is C22H27N3O. The zero-order valence-corrected chi connectivity index (χ0v) is 15.7. The highest BCUT2D eigenvalue weighted by Gasteiger charge is 2.28. The summed E-state index contributed by atoms with van der Waals surface area (Å²) < 4.78 is 0. The number of ketones is 1. The van der Waals surface area contributed by atoms with Crippen LogP contribution in [0, 0.1) is 18.8 Å². The van der Waals surface area contributed by atoms with Gasteiger partial charge in [-0.15, -0.1) is 0 Å². The van der Waals surface area contributed by atoms with Gasteiger partial charge in [0.1, 0.15) is 0 Å². The summed E-state index contributed by atoms with van der Waals surface area (Å²) >= 11 is 0. The number of anilines is 1. The molecule has 2 aromatic rings. The van der Waals surface area contributed by atoms with Crippen molar-refractivity contribution in [2.45, 2.75) is 46.0 Å². The summed E-state index contributed by atoms with van der Waals surface area (Å²) in [7, 11) is 0. The molecule has 2 aliphatic rings. The van der Waals surface area contributed by atoms with Gasteiger partial charge in [-0.05, 0) is 50.0 Å². The van der Waals surface area contributed by atoms with Gasteiger partial charge >= 0.3 is 0 Å². The monoisotopic (exact) mass is 349 g/mol. The first-order chi connectivity index (χ1) is 12.6. The molecule has 1 aromatic carbocycles. The van der Waals surface area contributed by atoms with Gasteiger partial charge in [-0.3, -0.25) is 4.79 Å². The molecule has 1 fully saturated rings. The highest BCUT2D eigenvalue weighted by atomic mass is 16.1. The lowest BCUT2D eigenvalue weighted by molar-refractivity contribution is 0.0951. The number of aryl methyl sites for hydroxylation is 1. The molecule has 1 saturated heterocycles. The van der Waals surface area contributed by atoms with E-state index in [1.165, 1.54) is 18.4 Å². The van der Waals surface area contributed by atoms with Crippen LogP contribution in [0.3, 0.4) is 0 Å². The predicted octanol–water partition coefficient (Wildman–Crippen LogP) is 4.01. The summed E-state index contributed by atoms with van der Waals surface area (Å²) in [5.74, 6) is 2.15. The van der Waals surface area contributed by atoms with Crippen molar-refractivity contribution in [2.75, 3.05) is 18.0 Å². The average molecular weight is 349 g/mol. The Kier molecular flexibility index (Phi) is 4.75. The van der Waals surface area contributed by atoms with Crippen LogP contribution < -0.4 is 4.90 Å². The van der Waals surface area contributed by atoms with Gasteiger partial charge < -0.3 is 4.90 Å². The second kappa shape index (κ2) is 7.18. The average Bonchev–Trinajstić information content (AvgIpc) is 2.62. The molecule has 2 heterocycles. The van der Waals surface area contributed by atoms with Crippen molar-refractivity contribution in [1.29, 1.82) is 0 Å². The van der Waals surface area contributed by atoms with E-state index < -0.39 is 0 Å². The van der Waals surface area contributed by atoms with Crippen molar-refractivity contribution in [3.05, 3.63) is 52.8 Å². The first kappa shape index (κ1) is 17.2. The van der Waals surface area contributed by atoms with E-state index in [2.05, 4.69) is 47.1 Å². The fourth-order valence-corrected chi connectivity index (χ4v) is 4.37. The first-order valence-electron chi connectivity index (χ1n) is 9.79. The molecule has 1 aromatic heterocycles. The lowest BCUT2D eigenvalue weighted by Crippen LogP contribution is -2.36. The number of carbonyl (C=O) groups excluding carboxylic acids is 1. The third-order valence-corrected chi connectivity index (χ3v) is 5.77. The molecule has 4 heteroatoms. The molecule has 4 rings (SSSR count). The zero-order valence-electron chi connectivity index (χ0n) is 15.7. The van der Waals surface area contributed by atoms with Crippen LogP contribution in [0.1, 0.15) is 53.5 Å². The lowest BCUT2D eigenvalue weighted by Gasteiger charge is -2.33. The normalized spacial score (nSPS) is 20.9. The summed E-state index contributed by atoms with van der Waals surface area (Å²) in [6.07, 6.45) is 5.02. The third-order valence-electron chi connectivity index (χ3n) is 5.77. The summed E-state index contributed by atoms with van der Waals surface area (Å²) in [5.41, 5.74) is 4.03. The number of benzene rings is 1. The Morgan fingerprint density at radius 2 is 1.81 bits per heavy atom. The maximum absolute atomic E-state index is 12.3. The highest BCUT2D eigenvalue weighted by Crippen LogP contribution is 2.29. The van der Waals surface area contributed by atoms with E-state index in [9.17, 15) is 4.79 Å². The Morgan fingerprint density at radius 3 is 2.54 bits per heavy atom. The molecule has 1 aliphatic carbocycles. The molecule has 136 valence electrons. The summed E-state index contributed by atoms with van der Waals surface area (Å²) in [4.78, 5) is 24.1. The Hall–Kier alpha value is -2.23. The van der Waals surface area contributed by atoms with Gasteiger partial charge in [-0.25, -0.2) is 9.97 Å². The molecule has 26 heavy (non-hydrogen) atoms. The number of piperidine rings is 1. The second-order valence-corrected chi connectivity index (χ2v) is 7.99. The molecule has 0 bridgehead atoms. The molecule has 0 spiro atoms. The minimum Gasteiger partial charge on any atom is -0.341 e. The molecule has 0 N–H and O–H groups in total. The van der Waals surface area contributed by atoms with E-state index in [1.807, 2.05) is 6.92 Å². The van der Waals surface area contributed by atoms with Gasteiger partial charge in [-0.2, -0.15) is 0 Å². The number of rotatable bonds is 3. The highest BCUT2D eigenvalue weighted by molar-refractivity contribution is 5.99. The SMILES string of the molecule is Cc1nc(N2CCC(Cc3ccccc3)CC2)nc2c1C(=O)CC(C)C2.